The first kappa shape index (κ1) is 19.4. The molecule has 22 heavy (non-hydrogen) atoms. The monoisotopic (exact) mass is 408 g/mol. The molecule has 1 saturated heterocycles. The van der Waals surface area contributed by atoms with Gasteiger partial charge in [-0.05, 0) is 17.7 Å². The first-order chi connectivity index (χ1) is 9.79. The number of hydrogen-bond acceptors (Lipinski definition) is 5. The van der Waals surface area contributed by atoms with Gasteiger partial charge in [0, 0.05) is 37.1 Å². The van der Waals surface area contributed by atoms with Crippen LogP contribution in [0, 0.1) is 0 Å². The molecule has 0 spiro atoms. The second-order valence-electron chi connectivity index (χ2n) is 4.94. The number of benzene rings is 1. The van der Waals surface area contributed by atoms with E-state index in [0.29, 0.717) is 12.3 Å². The van der Waals surface area contributed by atoms with Crippen LogP contribution in [-0.4, -0.2) is 41.2 Å². The van der Waals surface area contributed by atoms with Gasteiger partial charge in [-0.15, -0.1) is 24.8 Å². The Kier molecular flexibility index (Phi) is 8.35. The van der Waals surface area contributed by atoms with E-state index in [4.69, 9.17) is 4.52 Å². The van der Waals surface area contributed by atoms with Crippen LogP contribution in [-0.2, 0) is 13.0 Å². The average molecular weight is 410 g/mol. The summed E-state index contributed by atoms with van der Waals surface area (Å²) in [7, 11) is 0. The fourth-order valence-electron chi connectivity index (χ4n) is 2.32. The van der Waals surface area contributed by atoms with Crippen LogP contribution in [0.5, 0.6) is 0 Å². The van der Waals surface area contributed by atoms with Gasteiger partial charge < -0.3 is 9.84 Å². The van der Waals surface area contributed by atoms with Crippen LogP contribution < -0.4 is 5.32 Å². The van der Waals surface area contributed by atoms with Crippen LogP contribution >= 0.6 is 40.7 Å². The lowest BCUT2D eigenvalue weighted by Crippen LogP contribution is -2.42. The largest absolute Gasteiger partial charge is 0.338 e. The Morgan fingerprint density at radius 2 is 2.00 bits per heavy atom. The first-order valence-corrected chi connectivity index (χ1v) is 7.58. The number of piperazine rings is 1. The molecule has 2 heterocycles. The molecule has 122 valence electrons. The average Bonchev–Trinajstić information content (AvgIpc) is 2.87. The highest BCUT2D eigenvalue weighted by molar-refractivity contribution is 9.10. The summed E-state index contributed by atoms with van der Waals surface area (Å²) < 4.78 is 6.40. The zero-order chi connectivity index (χ0) is 13.8. The molecule has 5 nitrogen and oxygen atoms in total. The molecular weight excluding hydrogens is 391 g/mol. The molecule has 0 amide bonds. The van der Waals surface area contributed by atoms with Gasteiger partial charge in [0.15, 0.2) is 5.82 Å². The first-order valence-electron chi connectivity index (χ1n) is 6.78. The van der Waals surface area contributed by atoms with Crippen LogP contribution in [0.4, 0.5) is 0 Å². The molecule has 0 saturated carbocycles. The Morgan fingerprint density at radius 1 is 1.23 bits per heavy atom. The molecule has 1 fully saturated rings. The Bertz CT molecular complexity index is 575. The molecule has 0 atom stereocenters. The van der Waals surface area contributed by atoms with Crippen LogP contribution in [0.3, 0.4) is 0 Å². The third-order valence-corrected chi connectivity index (χ3v) is 3.82. The summed E-state index contributed by atoms with van der Waals surface area (Å²) in [5, 5.41) is 7.39. The highest BCUT2D eigenvalue weighted by Gasteiger charge is 2.14. The minimum absolute atomic E-state index is 0. The number of aromatic nitrogens is 2. The summed E-state index contributed by atoms with van der Waals surface area (Å²) in [5.74, 6) is 1.45. The fraction of sp³-hybridized carbons (Fsp3) is 0.429. The maximum Gasteiger partial charge on any atom is 0.240 e. The quantitative estimate of drug-likeness (QED) is 0.841. The molecule has 8 heteroatoms. The zero-order valence-corrected chi connectivity index (χ0v) is 15.2. The standard InChI is InChI=1S/C14H17BrN4O.2ClH/c15-12-3-1-2-11(8-12)9-13-17-14(20-18-13)10-19-6-4-16-5-7-19;;/h1-3,8,16H,4-7,9-10H2;2*1H. The Labute approximate surface area is 150 Å². The second kappa shape index (κ2) is 9.47. The van der Waals surface area contributed by atoms with Crippen molar-refractivity contribution in [1.82, 2.24) is 20.4 Å². The Morgan fingerprint density at radius 3 is 2.73 bits per heavy atom. The van der Waals surface area contributed by atoms with Crippen molar-refractivity contribution in [3.8, 4) is 0 Å². The van der Waals surface area contributed by atoms with Crippen molar-refractivity contribution in [3.63, 3.8) is 0 Å². The highest BCUT2D eigenvalue weighted by Crippen LogP contribution is 2.14. The van der Waals surface area contributed by atoms with E-state index in [-0.39, 0.29) is 24.8 Å². The van der Waals surface area contributed by atoms with Gasteiger partial charge in [0.2, 0.25) is 5.89 Å². The molecular formula is C14H19BrCl2N4O. The summed E-state index contributed by atoms with van der Waals surface area (Å²) in [6, 6.07) is 8.17. The van der Waals surface area contributed by atoms with Gasteiger partial charge in [0.25, 0.3) is 0 Å². The molecule has 0 aliphatic carbocycles. The van der Waals surface area contributed by atoms with Gasteiger partial charge in [-0.2, -0.15) is 4.98 Å². The normalized spacial score (nSPS) is 15.0. The lowest BCUT2D eigenvalue weighted by molar-refractivity contribution is 0.203. The lowest BCUT2D eigenvalue weighted by Gasteiger charge is -2.25. The molecule has 0 bridgehead atoms. The number of nitrogens with zero attached hydrogens (tertiary/aromatic N) is 3. The van der Waals surface area contributed by atoms with Crippen molar-refractivity contribution >= 4 is 40.7 Å². The number of halogens is 3. The summed E-state index contributed by atoms with van der Waals surface area (Å²) in [6.07, 6.45) is 0.699. The highest BCUT2D eigenvalue weighted by atomic mass is 79.9. The molecule has 3 rings (SSSR count). The SMILES string of the molecule is Brc1cccc(Cc2noc(CN3CCNCC3)n2)c1.Cl.Cl. The van der Waals surface area contributed by atoms with Crippen LogP contribution in [0.15, 0.2) is 33.3 Å². The van der Waals surface area contributed by atoms with E-state index in [1.807, 2.05) is 12.1 Å². The molecule has 1 aromatic carbocycles. The maximum absolute atomic E-state index is 5.33. The number of nitrogens with one attached hydrogen (secondary N) is 1. The zero-order valence-electron chi connectivity index (χ0n) is 12.0. The van der Waals surface area contributed by atoms with E-state index in [0.717, 1.165) is 43.0 Å². The lowest BCUT2D eigenvalue weighted by atomic mass is 10.1. The van der Waals surface area contributed by atoms with E-state index in [9.17, 15) is 0 Å². The van der Waals surface area contributed by atoms with Gasteiger partial charge in [0.1, 0.15) is 0 Å². The predicted octanol–water partition coefficient (Wildman–Crippen LogP) is 2.67. The summed E-state index contributed by atoms with van der Waals surface area (Å²) in [5.41, 5.74) is 1.17. The third kappa shape index (κ3) is 5.52. The van der Waals surface area contributed by atoms with Crippen molar-refractivity contribution in [2.24, 2.45) is 0 Å². The minimum atomic E-state index is 0. The fourth-order valence-corrected chi connectivity index (χ4v) is 2.76. The van der Waals surface area contributed by atoms with E-state index in [1.54, 1.807) is 0 Å². The van der Waals surface area contributed by atoms with Gasteiger partial charge in [-0.25, -0.2) is 0 Å². The van der Waals surface area contributed by atoms with Crippen molar-refractivity contribution in [2.45, 2.75) is 13.0 Å². The number of hydrogen-bond donors (Lipinski definition) is 1. The Balaban J connectivity index is 0.00000121. The van der Waals surface area contributed by atoms with E-state index in [1.165, 1.54) is 5.56 Å². The molecule has 1 aliphatic rings. The topological polar surface area (TPSA) is 54.2 Å². The van der Waals surface area contributed by atoms with Gasteiger partial charge in [-0.1, -0.05) is 33.2 Å². The van der Waals surface area contributed by atoms with Crippen LogP contribution in [0.1, 0.15) is 17.3 Å². The smallest absolute Gasteiger partial charge is 0.240 e. The molecule has 1 N–H and O–H groups in total. The molecule has 1 aliphatic heterocycles. The van der Waals surface area contributed by atoms with Crippen molar-refractivity contribution in [3.05, 3.63) is 46.0 Å². The summed E-state index contributed by atoms with van der Waals surface area (Å²) in [4.78, 5) is 6.80. The van der Waals surface area contributed by atoms with Gasteiger partial charge in [-0.3, -0.25) is 4.90 Å². The summed E-state index contributed by atoms with van der Waals surface area (Å²) in [6.45, 7) is 4.86. The molecule has 0 unspecified atom stereocenters. The van der Waals surface area contributed by atoms with Crippen molar-refractivity contribution < 1.29 is 4.52 Å². The van der Waals surface area contributed by atoms with Crippen LogP contribution in [0.25, 0.3) is 0 Å². The molecule has 1 aromatic heterocycles. The van der Waals surface area contributed by atoms with E-state index >= 15 is 0 Å². The Hall–Kier alpha value is -0.660. The third-order valence-electron chi connectivity index (χ3n) is 3.33. The van der Waals surface area contributed by atoms with Crippen molar-refractivity contribution in [1.29, 1.82) is 0 Å². The maximum atomic E-state index is 5.33. The van der Waals surface area contributed by atoms with Gasteiger partial charge in [0.05, 0.1) is 6.54 Å². The summed E-state index contributed by atoms with van der Waals surface area (Å²) >= 11 is 3.47. The van der Waals surface area contributed by atoms with Crippen LogP contribution in [0.2, 0.25) is 0 Å². The van der Waals surface area contributed by atoms with Gasteiger partial charge >= 0.3 is 0 Å². The van der Waals surface area contributed by atoms with Crippen molar-refractivity contribution in [2.75, 3.05) is 26.2 Å². The molecule has 2 aromatic rings. The van der Waals surface area contributed by atoms with E-state index in [2.05, 4.69) is 48.4 Å². The second-order valence-corrected chi connectivity index (χ2v) is 5.85. The molecule has 0 radical (unpaired) electrons. The minimum Gasteiger partial charge on any atom is -0.338 e. The van der Waals surface area contributed by atoms with E-state index < -0.39 is 0 Å². The predicted molar refractivity (Wildman–Crippen MR) is 93.9 cm³/mol. The number of rotatable bonds is 4.